The van der Waals surface area contributed by atoms with Gasteiger partial charge in [0.2, 0.25) is 5.95 Å². The van der Waals surface area contributed by atoms with Crippen LogP contribution in [0.4, 0.5) is 10.7 Å². The summed E-state index contributed by atoms with van der Waals surface area (Å²) in [5, 5.41) is 2.91. The van der Waals surface area contributed by atoms with E-state index in [-0.39, 0.29) is 17.6 Å². The van der Waals surface area contributed by atoms with E-state index in [1.165, 1.54) is 5.56 Å². The number of hydrogen-bond donors (Lipinski definition) is 1. The number of nitrogens with one attached hydrogen (secondary N) is 1. The third-order valence-electron chi connectivity index (χ3n) is 7.75. The molecule has 3 aliphatic rings. The smallest absolute Gasteiger partial charge is 0.317 e. The van der Waals surface area contributed by atoms with Gasteiger partial charge < -0.3 is 19.7 Å². The summed E-state index contributed by atoms with van der Waals surface area (Å²) in [5.41, 5.74) is 4.64. The van der Waals surface area contributed by atoms with Gasteiger partial charge in [0.05, 0.1) is 17.3 Å². The van der Waals surface area contributed by atoms with Crippen molar-refractivity contribution in [2.45, 2.75) is 31.3 Å². The summed E-state index contributed by atoms with van der Waals surface area (Å²) in [7, 11) is 0. The van der Waals surface area contributed by atoms with E-state index in [9.17, 15) is 4.79 Å². The Morgan fingerprint density at radius 3 is 2.69 bits per heavy atom. The highest BCUT2D eigenvalue weighted by atomic mass is 16.2. The van der Waals surface area contributed by atoms with Gasteiger partial charge in [-0.1, -0.05) is 30.3 Å². The molecule has 6 heterocycles. The number of nitrogens with zero attached hydrogens (tertiary/aromatic N) is 7. The van der Waals surface area contributed by atoms with Crippen molar-refractivity contribution in [3.05, 3.63) is 66.2 Å². The molecule has 0 saturated carbocycles. The van der Waals surface area contributed by atoms with Crippen LogP contribution in [0.25, 0.3) is 22.4 Å². The molecule has 35 heavy (non-hydrogen) atoms. The molecule has 1 N–H and O–H groups in total. The van der Waals surface area contributed by atoms with E-state index in [4.69, 9.17) is 9.97 Å². The standard InChI is InChI=1S/C26H26N8O/c1-26(18-5-3-2-4-6-18)10-9-22-30-21-8-7-20(31-23(21)34(22)26)17-13-27-24(28-14-17)32-11-12-33-19(16-32)15-29-25(33)35/h2-8,13-14,19H,9-12,15-16H2,1H3,(H,29,35). The molecule has 9 heteroatoms. The van der Waals surface area contributed by atoms with Crippen molar-refractivity contribution >= 4 is 23.1 Å². The Morgan fingerprint density at radius 1 is 1.03 bits per heavy atom. The van der Waals surface area contributed by atoms with Gasteiger partial charge in [0.25, 0.3) is 0 Å². The maximum Gasteiger partial charge on any atom is 0.317 e. The number of hydrogen-bond acceptors (Lipinski definition) is 6. The fraction of sp³-hybridized carbons (Fsp3) is 0.346. The minimum absolute atomic E-state index is 0.0297. The summed E-state index contributed by atoms with van der Waals surface area (Å²) in [4.78, 5) is 35.2. The number of carbonyl (C=O) groups is 1. The lowest BCUT2D eigenvalue weighted by atomic mass is 9.90. The van der Waals surface area contributed by atoms with Crippen LogP contribution in [0.5, 0.6) is 0 Å². The minimum atomic E-state index is -0.171. The van der Waals surface area contributed by atoms with Gasteiger partial charge in [-0.25, -0.2) is 24.7 Å². The number of imidazole rings is 1. The molecular weight excluding hydrogens is 440 g/mol. The summed E-state index contributed by atoms with van der Waals surface area (Å²) >= 11 is 0. The Bertz CT molecular complexity index is 1430. The average Bonchev–Trinajstić information content (AvgIpc) is 3.57. The van der Waals surface area contributed by atoms with Crippen molar-refractivity contribution in [3.8, 4) is 11.3 Å². The summed E-state index contributed by atoms with van der Waals surface area (Å²) in [6.45, 7) is 5.11. The fourth-order valence-corrected chi connectivity index (χ4v) is 5.79. The summed E-state index contributed by atoms with van der Waals surface area (Å²) in [6, 6.07) is 14.9. The first-order chi connectivity index (χ1) is 17.1. The number of rotatable bonds is 3. The number of amides is 2. The normalized spacial score (nSPS) is 23.5. The van der Waals surface area contributed by atoms with E-state index in [1.807, 2.05) is 29.4 Å². The van der Waals surface area contributed by atoms with Gasteiger partial charge >= 0.3 is 6.03 Å². The zero-order chi connectivity index (χ0) is 23.6. The molecule has 1 aromatic carbocycles. The van der Waals surface area contributed by atoms with E-state index in [1.54, 1.807) is 0 Å². The molecule has 2 amide bonds. The number of piperazine rings is 1. The summed E-state index contributed by atoms with van der Waals surface area (Å²) in [5.74, 6) is 1.78. The zero-order valence-corrected chi connectivity index (χ0v) is 19.6. The maximum atomic E-state index is 11.9. The highest BCUT2D eigenvalue weighted by Crippen LogP contribution is 2.40. The molecule has 3 aliphatic heterocycles. The van der Waals surface area contributed by atoms with Crippen LogP contribution < -0.4 is 10.2 Å². The molecule has 2 fully saturated rings. The number of aryl methyl sites for hydroxylation is 1. The lowest BCUT2D eigenvalue weighted by molar-refractivity contribution is 0.197. The number of fused-ring (bicyclic) bond motifs is 4. The quantitative estimate of drug-likeness (QED) is 0.499. The SMILES string of the molecule is CC1(c2ccccc2)CCc2nc3ccc(-c4cnc(N5CCN6C(=O)NCC6C5)nc4)nc3n21. The van der Waals surface area contributed by atoms with Gasteiger partial charge in [0, 0.05) is 50.6 Å². The highest BCUT2D eigenvalue weighted by molar-refractivity contribution is 5.78. The van der Waals surface area contributed by atoms with E-state index < -0.39 is 0 Å². The van der Waals surface area contributed by atoms with E-state index in [2.05, 4.69) is 62.0 Å². The molecular formula is C26H26N8O. The molecule has 2 unspecified atom stereocenters. The summed E-state index contributed by atoms with van der Waals surface area (Å²) in [6.07, 6.45) is 5.63. The largest absolute Gasteiger partial charge is 0.337 e. The molecule has 4 aromatic rings. The molecule has 3 aromatic heterocycles. The molecule has 2 saturated heterocycles. The van der Waals surface area contributed by atoms with E-state index in [0.29, 0.717) is 19.0 Å². The third kappa shape index (κ3) is 3.10. The number of pyridine rings is 1. The molecule has 0 radical (unpaired) electrons. The number of aromatic nitrogens is 5. The second kappa shape index (κ2) is 7.49. The second-order valence-corrected chi connectivity index (χ2v) is 9.79. The second-order valence-electron chi connectivity index (χ2n) is 9.79. The van der Waals surface area contributed by atoms with Crippen molar-refractivity contribution in [3.63, 3.8) is 0 Å². The summed E-state index contributed by atoms with van der Waals surface area (Å²) < 4.78 is 2.31. The van der Waals surface area contributed by atoms with E-state index in [0.717, 1.165) is 54.2 Å². The van der Waals surface area contributed by atoms with Crippen LogP contribution in [0.3, 0.4) is 0 Å². The number of benzene rings is 1. The Balaban J connectivity index is 1.20. The van der Waals surface area contributed by atoms with E-state index >= 15 is 0 Å². The number of anilines is 1. The van der Waals surface area contributed by atoms with Crippen LogP contribution in [-0.2, 0) is 12.0 Å². The minimum Gasteiger partial charge on any atom is -0.337 e. The highest BCUT2D eigenvalue weighted by Gasteiger charge is 2.39. The van der Waals surface area contributed by atoms with Gasteiger partial charge in [0.15, 0.2) is 5.65 Å². The zero-order valence-electron chi connectivity index (χ0n) is 19.6. The maximum absolute atomic E-state index is 11.9. The van der Waals surface area contributed by atoms with Crippen LogP contribution in [0, 0.1) is 0 Å². The van der Waals surface area contributed by atoms with Crippen molar-refractivity contribution in [2.24, 2.45) is 0 Å². The van der Waals surface area contributed by atoms with Crippen molar-refractivity contribution in [1.82, 2.24) is 34.7 Å². The predicted octanol–water partition coefficient (Wildman–Crippen LogP) is 2.81. The van der Waals surface area contributed by atoms with Gasteiger partial charge in [-0.05, 0) is 31.0 Å². The van der Waals surface area contributed by atoms with Gasteiger partial charge in [-0.15, -0.1) is 0 Å². The Labute approximate surface area is 202 Å². The molecule has 7 rings (SSSR count). The van der Waals surface area contributed by atoms with Gasteiger partial charge in [0.1, 0.15) is 11.3 Å². The third-order valence-corrected chi connectivity index (χ3v) is 7.75. The molecule has 176 valence electrons. The van der Waals surface area contributed by atoms with Crippen molar-refractivity contribution < 1.29 is 4.79 Å². The first-order valence-corrected chi connectivity index (χ1v) is 12.2. The molecule has 0 spiro atoms. The number of carbonyl (C=O) groups excluding carboxylic acids is 1. The lowest BCUT2D eigenvalue weighted by Crippen LogP contribution is -2.52. The molecule has 0 aliphatic carbocycles. The first-order valence-electron chi connectivity index (χ1n) is 12.2. The average molecular weight is 467 g/mol. The fourth-order valence-electron chi connectivity index (χ4n) is 5.79. The molecule has 2 atom stereocenters. The van der Waals surface area contributed by atoms with Crippen molar-refractivity contribution in [1.29, 1.82) is 0 Å². The van der Waals surface area contributed by atoms with Crippen molar-refractivity contribution in [2.75, 3.05) is 31.1 Å². The topological polar surface area (TPSA) is 92.1 Å². The van der Waals surface area contributed by atoms with Crippen LogP contribution in [-0.4, -0.2) is 67.7 Å². The first kappa shape index (κ1) is 20.4. The van der Waals surface area contributed by atoms with Crippen LogP contribution in [0.1, 0.15) is 24.7 Å². The Hall–Kier alpha value is -4.01. The molecule has 0 bridgehead atoms. The lowest BCUT2D eigenvalue weighted by Gasteiger charge is -2.36. The number of urea groups is 1. The Morgan fingerprint density at radius 2 is 1.86 bits per heavy atom. The van der Waals surface area contributed by atoms with Crippen LogP contribution >= 0.6 is 0 Å². The van der Waals surface area contributed by atoms with Crippen LogP contribution in [0.15, 0.2) is 54.9 Å². The van der Waals surface area contributed by atoms with Crippen LogP contribution in [0.2, 0.25) is 0 Å². The monoisotopic (exact) mass is 466 g/mol. The van der Waals surface area contributed by atoms with Gasteiger partial charge in [-0.3, -0.25) is 0 Å². The van der Waals surface area contributed by atoms with Gasteiger partial charge in [-0.2, -0.15) is 0 Å². The Kier molecular flexibility index (Phi) is 4.36. The molecule has 9 nitrogen and oxygen atoms in total. The predicted molar refractivity (Wildman–Crippen MR) is 132 cm³/mol.